The predicted molar refractivity (Wildman–Crippen MR) is 138 cm³/mol. The first-order chi connectivity index (χ1) is 16.5. The van der Waals surface area contributed by atoms with Gasteiger partial charge in [0, 0.05) is 43.8 Å². The van der Waals surface area contributed by atoms with Crippen LogP contribution in [0.5, 0.6) is 11.5 Å². The van der Waals surface area contributed by atoms with Crippen molar-refractivity contribution < 1.29 is 14.2 Å². The van der Waals surface area contributed by atoms with E-state index < -0.39 is 0 Å². The van der Waals surface area contributed by atoms with Crippen LogP contribution in [-0.4, -0.2) is 55.0 Å². The molecule has 0 bridgehead atoms. The van der Waals surface area contributed by atoms with E-state index in [9.17, 15) is 4.79 Å². The number of pyridine rings is 1. The highest BCUT2D eigenvalue weighted by Gasteiger charge is 2.17. The van der Waals surface area contributed by atoms with Gasteiger partial charge in [-0.2, -0.15) is 0 Å². The van der Waals surface area contributed by atoms with Gasteiger partial charge in [0.2, 0.25) is 0 Å². The second-order valence-corrected chi connectivity index (χ2v) is 8.83. The SMILES string of the molecule is COCCCNC(=S)N(CCc1cccc(C)c1)Cc1cc2cc3c(cc2[nH]c1=O)OCCO3. The number of methoxy groups -OCH3 is 1. The summed E-state index contributed by atoms with van der Waals surface area (Å²) in [5, 5.41) is 4.84. The number of fused-ring (bicyclic) bond motifs is 2. The Labute approximate surface area is 205 Å². The first-order valence-electron chi connectivity index (χ1n) is 11.6. The van der Waals surface area contributed by atoms with Crippen LogP contribution in [0.3, 0.4) is 0 Å². The quantitative estimate of drug-likeness (QED) is 0.358. The van der Waals surface area contributed by atoms with Crippen LogP contribution in [-0.2, 0) is 17.7 Å². The molecule has 0 unspecified atom stereocenters. The molecule has 0 spiro atoms. The van der Waals surface area contributed by atoms with Crippen molar-refractivity contribution in [2.75, 3.05) is 40.0 Å². The lowest BCUT2D eigenvalue weighted by atomic mass is 10.1. The van der Waals surface area contributed by atoms with Gasteiger partial charge in [-0.3, -0.25) is 4.79 Å². The molecule has 0 saturated carbocycles. The van der Waals surface area contributed by atoms with Gasteiger partial charge in [0.25, 0.3) is 5.56 Å². The van der Waals surface area contributed by atoms with Crippen molar-refractivity contribution >= 4 is 28.2 Å². The lowest BCUT2D eigenvalue weighted by Crippen LogP contribution is -2.42. The van der Waals surface area contributed by atoms with Crippen LogP contribution in [0.4, 0.5) is 0 Å². The molecule has 1 aliphatic heterocycles. The molecule has 34 heavy (non-hydrogen) atoms. The van der Waals surface area contributed by atoms with Crippen LogP contribution in [0, 0.1) is 6.92 Å². The average molecular weight is 482 g/mol. The first-order valence-corrected chi connectivity index (χ1v) is 12.0. The lowest BCUT2D eigenvalue weighted by Gasteiger charge is -2.26. The predicted octanol–water partition coefficient (Wildman–Crippen LogP) is 3.56. The standard InChI is InChI=1S/C26H31N3O4S/c1-18-5-3-6-19(13-18)7-9-29(26(34)27-8-4-10-31-2)17-21-14-20-15-23-24(33-12-11-32-23)16-22(20)28-25(21)30/h3,5-6,13-16H,4,7-12,17H2,1-2H3,(H,27,34)(H,28,30). The van der Waals surface area contributed by atoms with Crippen LogP contribution < -0.4 is 20.3 Å². The van der Waals surface area contributed by atoms with Crippen molar-refractivity contribution in [2.45, 2.75) is 26.3 Å². The maximum absolute atomic E-state index is 12.9. The maximum atomic E-state index is 12.9. The molecule has 0 aliphatic carbocycles. The number of nitrogens with zero attached hydrogens (tertiary/aromatic N) is 1. The Morgan fingerprint density at radius 1 is 1.18 bits per heavy atom. The summed E-state index contributed by atoms with van der Waals surface area (Å²) in [6.45, 7) is 5.59. The van der Waals surface area contributed by atoms with Crippen LogP contribution in [0.25, 0.3) is 10.9 Å². The second kappa shape index (κ2) is 11.4. The fourth-order valence-electron chi connectivity index (χ4n) is 4.02. The Kier molecular flexibility index (Phi) is 8.03. The zero-order chi connectivity index (χ0) is 23.9. The number of benzene rings is 2. The van der Waals surface area contributed by atoms with E-state index in [0.29, 0.717) is 61.6 Å². The number of nitrogens with one attached hydrogen (secondary N) is 2. The minimum Gasteiger partial charge on any atom is -0.486 e. The number of aryl methyl sites for hydroxylation is 1. The van der Waals surface area contributed by atoms with E-state index in [-0.39, 0.29) is 5.56 Å². The molecule has 4 rings (SSSR count). The third-order valence-electron chi connectivity index (χ3n) is 5.79. The summed E-state index contributed by atoms with van der Waals surface area (Å²) < 4.78 is 16.5. The van der Waals surface area contributed by atoms with Crippen LogP contribution in [0.2, 0.25) is 0 Å². The maximum Gasteiger partial charge on any atom is 0.253 e. The second-order valence-electron chi connectivity index (χ2n) is 8.45. The molecule has 1 aliphatic rings. The Balaban J connectivity index is 1.55. The highest BCUT2D eigenvalue weighted by atomic mass is 32.1. The van der Waals surface area contributed by atoms with Gasteiger partial charge < -0.3 is 29.4 Å². The van der Waals surface area contributed by atoms with Crippen LogP contribution >= 0.6 is 12.2 Å². The summed E-state index contributed by atoms with van der Waals surface area (Å²) in [7, 11) is 1.69. The smallest absolute Gasteiger partial charge is 0.253 e. The third kappa shape index (κ3) is 6.07. The van der Waals surface area contributed by atoms with E-state index >= 15 is 0 Å². The monoisotopic (exact) mass is 481 g/mol. The fourth-order valence-corrected chi connectivity index (χ4v) is 4.28. The van der Waals surface area contributed by atoms with Gasteiger partial charge in [0.1, 0.15) is 13.2 Å². The summed E-state index contributed by atoms with van der Waals surface area (Å²) in [5.74, 6) is 1.35. The van der Waals surface area contributed by atoms with E-state index in [4.69, 9.17) is 26.4 Å². The van der Waals surface area contributed by atoms with E-state index in [2.05, 4.69) is 46.4 Å². The van der Waals surface area contributed by atoms with E-state index in [1.165, 1.54) is 11.1 Å². The molecule has 0 saturated heterocycles. The molecule has 0 radical (unpaired) electrons. The molecule has 180 valence electrons. The van der Waals surface area contributed by atoms with Gasteiger partial charge in [-0.1, -0.05) is 29.8 Å². The largest absolute Gasteiger partial charge is 0.486 e. The van der Waals surface area contributed by atoms with Crippen LogP contribution in [0.15, 0.2) is 47.3 Å². The molecule has 2 N–H and O–H groups in total. The van der Waals surface area contributed by atoms with Crippen molar-refractivity contribution in [3.8, 4) is 11.5 Å². The van der Waals surface area contributed by atoms with E-state index in [0.717, 1.165) is 23.7 Å². The Bertz CT molecular complexity index is 1210. The number of thiocarbonyl (C=S) groups is 1. The van der Waals surface area contributed by atoms with Gasteiger partial charge in [-0.05, 0) is 49.7 Å². The van der Waals surface area contributed by atoms with Gasteiger partial charge >= 0.3 is 0 Å². The average Bonchev–Trinajstić information content (AvgIpc) is 2.83. The van der Waals surface area contributed by atoms with Gasteiger partial charge in [-0.15, -0.1) is 0 Å². The molecule has 7 nitrogen and oxygen atoms in total. The van der Waals surface area contributed by atoms with Crippen molar-refractivity contribution in [3.05, 3.63) is 69.5 Å². The van der Waals surface area contributed by atoms with E-state index in [1.807, 2.05) is 18.2 Å². The van der Waals surface area contributed by atoms with Gasteiger partial charge in [0.05, 0.1) is 12.1 Å². The number of aromatic amines is 1. The molecule has 0 amide bonds. The highest BCUT2D eigenvalue weighted by molar-refractivity contribution is 7.80. The molecule has 0 atom stereocenters. The number of aromatic nitrogens is 1. The number of ether oxygens (including phenoxy) is 3. The Morgan fingerprint density at radius 3 is 2.74 bits per heavy atom. The van der Waals surface area contributed by atoms with Crippen molar-refractivity contribution in [1.82, 2.24) is 15.2 Å². The molecular formula is C26H31N3O4S. The number of hydrogen-bond donors (Lipinski definition) is 2. The van der Waals surface area contributed by atoms with Crippen molar-refractivity contribution in [1.29, 1.82) is 0 Å². The lowest BCUT2D eigenvalue weighted by molar-refractivity contribution is 0.172. The number of rotatable bonds is 9. The zero-order valence-electron chi connectivity index (χ0n) is 19.7. The molecule has 2 aromatic carbocycles. The topological polar surface area (TPSA) is 75.8 Å². The Hall–Kier alpha value is -3.10. The first kappa shape index (κ1) is 24.0. The summed E-state index contributed by atoms with van der Waals surface area (Å²) in [6.07, 6.45) is 1.68. The molecule has 8 heteroatoms. The van der Waals surface area contributed by atoms with E-state index in [1.54, 1.807) is 7.11 Å². The molecular weight excluding hydrogens is 450 g/mol. The van der Waals surface area contributed by atoms with Crippen molar-refractivity contribution in [2.24, 2.45) is 0 Å². The summed E-state index contributed by atoms with van der Waals surface area (Å²) in [5.41, 5.74) is 3.71. The minimum absolute atomic E-state index is 0.132. The molecule has 0 fully saturated rings. The summed E-state index contributed by atoms with van der Waals surface area (Å²) >= 11 is 5.71. The van der Waals surface area contributed by atoms with Gasteiger partial charge in [-0.25, -0.2) is 0 Å². The number of H-pyrrole nitrogens is 1. The minimum atomic E-state index is -0.132. The Morgan fingerprint density at radius 2 is 1.97 bits per heavy atom. The summed E-state index contributed by atoms with van der Waals surface area (Å²) in [4.78, 5) is 18.0. The summed E-state index contributed by atoms with van der Waals surface area (Å²) in [6, 6.07) is 14.1. The molecule has 2 heterocycles. The number of hydrogen-bond acceptors (Lipinski definition) is 5. The third-order valence-corrected chi connectivity index (χ3v) is 6.19. The zero-order valence-corrected chi connectivity index (χ0v) is 20.5. The fraction of sp³-hybridized carbons (Fsp3) is 0.385. The molecule has 3 aromatic rings. The van der Waals surface area contributed by atoms with Crippen LogP contribution in [0.1, 0.15) is 23.1 Å². The normalized spacial score (nSPS) is 12.5. The highest BCUT2D eigenvalue weighted by Crippen LogP contribution is 2.33. The van der Waals surface area contributed by atoms with Gasteiger partial charge in [0.15, 0.2) is 16.6 Å². The molecule has 1 aromatic heterocycles. The van der Waals surface area contributed by atoms with Crippen molar-refractivity contribution in [3.63, 3.8) is 0 Å².